The van der Waals surface area contributed by atoms with Crippen molar-refractivity contribution in [2.45, 2.75) is 12.8 Å². The number of nitrogens with two attached hydrogens (primary N) is 2. The molecule has 0 atom stereocenters. The molecular formula is C14H13N7O2. The van der Waals surface area contributed by atoms with Gasteiger partial charge in [-0.1, -0.05) is 6.07 Å². The maximum atomic E-state index is 10.8. The molecular weight excluding hydrogens is 298 g/mol. The van der Waals surface area contributed by atoms with Crippen molar-refractivity contribution in [2.75, 3.05) is 11.5 Å². The number of aromatic carboxylic acids is 1. The third kappa shape index (κ3) is 3.12. The van der Waals surface area contributed by atoms with Gasteiger partial charge in [0.25, 0.3) is 0 Å². The molecule has 9 heteroatoms. The molecule has 0 saturated carbocycles. The van der Waals surface area contributed by atoms with E-state index in [4.69, 9.17) is 16.6 Å². The molecule has 0 spiro atoms. The highest BCUT2D eigenvalue weighted by molar-refractivity contribution is 5.85. The molecule has 0 saturated heterocycles. The van der Waals surface area contributed by atoms with Gasteiger partial charge in [0.15, 0.2) is 17.0 Å². The van der Waals surface area contributed by atoms with Gasteiger partial charge in [0, 0.05) is 6.20 Å². The highest BCUT2D eigenvalue weighted by Gasteiger charge is 2.08. The van der Waals surface area contributed by atoms with E-state index < -0.39 is 5.97 Å². The van der Waals surface area contributed by atoms with E-state index in [1.54, 1.807) is 12.3 Å². The molecule has 3 aromatic rings. The molecule has 0 bridgehead atoms. The SMILES string of the molecule is Nc1nc(N)c2nc(CCc3ccc(C(=O)O)nc3)cnc2n1. The van der Waals surface area contributed by atoms with Crippen molar-refractivity contribution in [3.8, 4) is 0 Å². The smallest absolute Gasteiger partial charge is 0.354 e. The zero-order valence-electron chi connectivity index (χ0n) is 12.0. The fourth-order valence-corrected chi connectivity index (χ4v) is 2.07. The molecule has 5 N–H and O–H groups in total. The van der Waals surface area contributed by atoms with Gasteiger partial charge >= 0.3 is 5.97 Å². The zero-order valence-corrected chi connectivity index (χ0v) is 12.0. The van der Waals surface area contributed by atoms with E-state index in [1.165, 1.54) is 12.3 Å². The van der Waals surface area contributed by atoms with Crippen LogP contribution < -0.4 is 11.5 Å². The number of nitrogens with zero attached hydrogens (tertiary/aromatic N) is 5. The third-order valence-electron chi connectivity index (χ3n) is 3.21. The Kier molecular flexibility index (Phi) is 3.67. The summed E-state index contributed by atoms with van der Waals surface area (Å²) in [7, 11) is 0. The topological polar surface area (TPSA) is 154 Å². The maximum Gasteiger partial charge on any atom is 0.354 e. The number of carbonyl (C=O) groups is 1. The summed E-state index contributed by atoms with van der Waals surface area (Å²) in [6, 6.07) is 3.20. The number of aryl methyl sites for hydroxylation is 2. The van der Waals surface area contributed by atoms with Crippen LogP contribution in [0.1, 0.15) is 21.7 Å². The van der Waals surface area contributed by atoms with Gasteiger partial charge < -0.3 is 16.6 Å². The Morgan fingerprint density at radius 2 is 1.87 bits per heavy atom. The minimum absolute atomic E-state index is 0.0155. The second-order valence-corrected chi connectivity index (χ2v) is 4.86. The highest BCUT2D eigenvalue weighted by Crippen LogP contribution is 2.15. The van der Waals surface area contributed by atoms with Crippen molar-refractivity contribution in [1.29, 1.82) is 0 Å². The maximum absolute atomic E-state index is 10.8. The molecule has 0 fully saturated rings. The number of pyridine rings is 1. The fourth-order valence-electron chi connectivity index (χ4n) is 2.07. The minimum atomic E-state index is -1.05. The summed E-state index contributed by atoms with van der Waals surface area (Å²) in [5.41, 5.74) is 13.7. The Bertz CT molecular complexity index is 880. The molecule has 0 aliphatic rings. The van der Waals surface area contributed by atoms with Gasteiger partial charge in [-0.3, -0.25) is 0 Å². The van der Waals surface area contributed by atoms with Gasteiger partial charge in [-0.25, -0.2) is 19.7 Å². The van der Waals surface area contributed by atoms with Crippen LogP contribution in [0.25, 0.3) is 11.2 Å². The third-order valence-corrected chi connectivity index (χ3v) is 3.21. The first-order valence-corrected chi connectivity index (χ1v) is 6.76. The summed E-state index contributed by atoms with van der Waals surface area (Å²) in [4.78, 5) is 31.0. The molecule has 0 radical (unpaired) electrons. The Balaban J connectivity index is 1.78. The first kappa shape index (κ1) is 14.6. The van der Waals surface area contributed by atoms with Crippen LogP contribution in [0.15, 0.2) is 24.5 Å². The molecule has 9 nitrogen and oxygen atoms in total. The zero-order chi connectivity index (χ0) is 16.4. The molecule has 116 valence electrons. The Hall–Kier alpha value is -3.36. The Morgan fingerprint density at radius 1 is 1.04 bits per heavy atom. The van der Waals surface area contributed by atoms with Crippen molar-refractivity contribution in [3.05, 3.63) is 41.5 Å². The van der Waals surface area contributed by atoms with E-state index in [0.717, 1.165) is 11.3 Å². The summed E-state index contributed by atoms with van der Waals surface area (Å²) in [5, 5.41) is 8.82. The first-order chi connectivity index (χ1) is 11.0. The van der Waals surface area contributed by atoms with Crippen LogP contribution in [0, 0.1) is 0 Å². The average molecular weight is 311 g/mol. The van der Waals surface area contributed by atoms with Gasteiger partial charge in [0.05, 0.1) is 11.9 Å². The number of hydrogen-bond acceptors (Lipinski definition) is 8. The van der Waals surface area contributed by atoms with E-state index in [2.05, 4.69) is 24.9 Å². The van der Waals surface area contributed by atoms with Gasteiger partial charge in [0.1, 0.15) is 5.69 Å². The summed E-state index contributed by atoms with van der Waals surface area (Å²) in [6.45, 7) is 0. The lowest BCUT2D eigenvalue weighted by molar-refractivity contribution is 0.0690. The fraction of sp³-hybridized carbons (Fsp3) is 0.143. The summed E-state index contributed by atoms with van der Waals surface area (Å²) in [5.74, 6) is -0.803. The molecule has 0 amide bonds. The van der Waals surface area contributed by atoms with Gasteiger partial charge in [-0.05, 0) is 24.5 Å². The van der Waals surface area contributed by atoms with Crippen LogP contribution in [-0.4, -0.2) is 36.0 Å². The van der Waals surface area contributed by atoms with Gasteiger partial charge in [-0.15, -0.1) is 0 Å². The van der Waals surface area contributed by atoms with Crippen molar-refractivity contribution >= 4 is 28.9 Å². The Labute approximate surface area is 130 Å². The van der Waals surface area contributed by atoms with Gasteiger partial charge in [-0.2, -0.15) is 9.97 Å². The normalized spacial score (nSPS) is 10.8. The predicted molar refractivity (Wildman–Crippen MR) is 82.6 cm³/mol. The van der Waals surface area contributed by atoms with Crippen LogP contribution in [-0.2, 0) is 12.8 Å². The van der Waals surface area contributed by atoms with Gasteiger partial charge in [0.2, 0.25) is 5.95 Å². The summed E-state index contributed by atoms with van der Waals surface area (Å²) < 4.78 is 0. The van der Waals surface area contributed by atoms with E-state index in [0.29, 0.717) is 24.0 Å². The molecule has 23 heavy (non-hydrogen) atoms. The second-order valence-electron chi connectivity index (χ2n) is 4.86. The largest absolute Gasteiger partial charge is 0.477 e. The Morgan fingerprint density at radius 3 is 2.57 bits per heavy atom. The van der Waals surface area contributed by atoms with Crippen LogP contribution in [0.3, 0.4) is 0 Å². The minimum Gasteiger partial charge on any atom is -0.477 e. The van der Waals surface area contributed by atoms with E-state index >= 15 is 0 Å². The summed E-state index contributed by atoms with van der Waals surface area (Å²) in [6.07, 6.45) is 4.38. The van der Waals surface area contributed by atoms with Crippen molar-refractivity contribution < 1.29 is 9.90 Å². The summed E-state index contributed by atoms with van der Waals surface area (Å²) >= 11 is 0. The molecule has 0 aliphatic carbocycles. The van der Waals surface area contributed by atoms with Crippen LogP contribution >= 0.6 is 0 Å². The first-order valence-electron chi connectivity index (χ1n) is 6.76. The highest BCUT2D eigenvalue weighted by atomic mass is 16.4. The van der Waals surface area contributed by atoms with E-state index in [1.807, 2.05) is 0 Å². The molecule has 0 aromatic carbocycles. The lowest BCUT2D eigenvalue weighted by Gasteiger charge is -2.05. The van der Waals surface area contributed by atoms with Crippen LogP contribution in [0.5, 0.6) is 0 Å². The standard InChI is InChI=1S/C14H13N7O2/c15-11-10-12(21-14(16)20-11)18-6-8(19-10)3-1-7-2-4-9(13(22)23)17-5-7/h2,4-6H,1,3H2,(H,22,23)(H4,15,16,18,20,21). The number of aromatic nitrogens is 5. The van der Waals surface area contributed by atoms with Crippen LogP contribution in [0.4, 0.5) is 11.8 Å². The van der Waals surface area contributed by atoms with E-state index in [-0.39, 0.29) is 17.5 Å². The predicted octanol–water partition coefficient (Wildman–Crippen LogP) is 0.463. The number of rotatable bonds is 4. The number of hydrogen-bond donors (Lipinski definition) is 3. The molecule has 3 rings (SSSR count). The number of nitrogen functional groups attached to an aromatic ring is 2. The van der Waals surface area contributed by atoms with Crippen molar-refractivity contribution in [2.24, 2.45) is 0 Å². The lowest BCUT2D eigenvalue weighted by atomic mass is 10.1. The second kappa shape index (κ2) is 5.79. The molecule has 3 aromatic heterocycles. The lowest BCUT2D eigenvalue weighted by Crippen LogP contribution is -2.05. The number of fused-ring (bicyclic) bond motifs is 1. The van der Waals surface area contributed by atoms with E-state index in [9.17, 15) is 4.79 Å². The van der Waals surface area contributed by atoms with Crippen molar-refractivity contribution in [3.63, 3.8) is 0 Å². The number of anilines is 2. The molecule has 0 aliphatic heterocycles. The molecule has 3 heterocycles. The van der Waals surface area contributed by atoms with Crippen molar-refractivity contribution in [1.82, 2.24) is 24.9 Å². The monoisotopic (exact) mass is 311 g/mol. The quantitative estimate of drug-likeness (QED) is 0.623. The average Bonchev–Trinajstić information content (AvgIpc) is 2.53. The number of carboxylic acid groups (broad SMARTS) is 1. The van der Waals surface area contributed by atoms with Crippen LogP contribution in [0.2, 0.25) is 0 Å². The number of carboxylic acids is 1. The molecule has 0 unspecified atom stereocenters.